The molecule has 0 fully saturated rings. The first-order valence-electron chi connectivity index (χ1n) is 10.8. The van der Waals surface area contributed by atoms with Crippen LogP contribution in [0, 0.1) is 0 Å². The minimum atomic E-state index is -0.285. The number of rotatable bonds is 11. The molecule has 32 heavy (non-hydrogen) atoms. The lowest BCUT2D eigenvalue weighted by Gasteiger charge is -2.17. The zero-order valence-corrected chi connectivity index (χ0v) is 18.9. The molecule has 0 aliphatic rings. The Kier molecular flexibility index (Phi) is 8.55. The van der Waals surface area contributed by atoms with E-state index in [2.05, 4.69) is 6.92 Å². The lowest BCUT2D eigenvalue weighted by molar-refractivity contribution is -0.139. The molecule has 0 saturated heterocycles. The maximum absolute atomic E-state index is 11.9. The van der Waals surface area contributed by atoms with E-state index in [4.69, 9.17) is 18.9 Å². The van der Waals surface area contributed by atoms with Crippen molar-refractivity contribution in [2.75, 3.05) is 14.2 Å². The number of hydrogen-bond donors (Lipinski definition) is 0. The molecule has 168 valence electrons. The fraction of sp³-hybridized carbons (Fsp3) is 0.296. The van der Waals surface area contributed by atoms with Gasteiger partial charge in [-0.3, -0.25) is 4.79 Å². The van der Waals surface area contributed by atoms with Gasteiger partial charge in [0.2, 0.25) is 0 Å². The summed E-state index contributed by atoms with van der Waals surface area (Å²) >= 11 is 0. The van der Waals surface area contributed by atoms with Crippen LogP contribution in [0.25, 0.3) is 0 Å². The maximum atomic E-state index is 11.9. The highest BCUT2D eigenvalue weighted by Crippen LogP contribution is 2.31. The van der Waals surface area contributed by atoms with Crippen LogP contribution in [-0.2, 0) is 35.6 Å². The highest BCUT2D eigenvalue weighted by atomic mass is 16.5. The molecule has 3 aromatic rings. The second kappa shape index (κ2) is 11.8. The Morgan fingerprint density at radius 2 is 1.50 bits per heavy atom. The first-order chi connectivity index (χ1) is 15.6. The average Bonchev–Trinajstić information content (AvgIpc) is 2.84. The third-order valence-electron chi connectivity index (χ3n) is 5.14. The minimum Gasteiger partial charge on any atom is -0.497 e. The van der Waals surface area contributed by atoms with Gasteiger partial charge in [-0.1, -0.05) is 55.8 Å². The summed E-state index contributed by atoms with van der Waals surface area (Å²) in [4.78, 5) is 11.9. The Morgan fingerprint density at radius 1 is 0.812 bits per heavy atom. The van der Waals surface area contributed by atoms with E-state index in [1.54, 1.807) is 7.11 Å². The van der Waals surface area contributed by atoms with Crippen LogP contribution >= 0.6 is 0 Å². The van der Waals surface area contributed by atoms with Crippen LogP contribution in [-0.4, -0.2) is 20.2 Å². The predicted molar refractivity (Wildman–Crippen MR) is 124 cm³/mol. The second-order valence-electron chi connectivity index (χ2n) is 7.47. The van der Waals surface area contributed by atoms with Gasteiger partial charge < -0.3 is 18.9 Å². The third-order valence-corrected chi connectivity index (χ3v) is 5.14. The van der Waals surface area contributed by atoms with E-state index >= 15 is 0 Å². The smallest absolute Gasteiger partial charge is 0.309 e. The van der Waals surface area contributed by atoms with E-state index in [0.717, 1.165) is 46.6 Å². The van der Waals surface area contributed by atoms with Gasteiger partial charge in [0.05, 0.1) is 20.6 Å². The van der Waals surface area contributed by atoms with Crippen molar-refractivity contribution in [3.05, 3.63) is 89.0 Å². The topological polar surface area (TPSA) is 54.0 Å². The standard InChI is InChI=1S/C27H30O5/c1-4-8-25-22(16-27(28)30-3)15-24(29-2)17-26(25)32-19-21-11-13-23(14-12-21)31-18-20-9-6-5-7-10-20/h5-7,9-15,17H,4,8,16,18-19H2,1-3H3. The van der Waals surface area contributed by atoms with Gasteiger partial charge in [-0.2, -0.15) is 0 Å². The molecule has 0 spiro atoms. The van der Waals surface area contributed by atoms with E-state index < -0.39 is 0 Å². The van der Waals surface area contributed by atoms with E-state index in [1.807, 2.05) is 66.7 Å². The fourth-order valence-corrected chi connectivity index (χ4v) is 3.42. The molecule has 3 rings (SSSR count). The Labute approximate surface area is 189 Å². The van der Waals surface area contributed by atoms with Crippen molar-refractivity contribution in [2.45, 2.75) is 39.4 Å². The van der Waals surface area contributed by atoms with Crippen molar-refractivity contribution in [1.82, 2.24) is 0 Å². The maximum Gasteiger partial charge on any atom is 0.309 e. The highest BCUT2D eigenvalue weighted by molar-refractivity contribution is 5.73. The van der Waals surface area contributed by atoms with E-state index in [0.29, 0.717) is 19.0 Å². The van der Waals surface area contributed by atoms with Gasteiger partial charge in [-0.05, 0) is 46.9 Å². The number of benzene rings is 3. The number of ether oxygens (including phenoxy) is 4. The van der Waals surface area contributed by atoms with Crippen LogP contribution in [0.5, 0.6) is 17.2 Å². The minimum absolute atomic E-state index is 0.187. The lowest BCUT2D eigenvalue weighted by atomic mass is 9.99. The number of esters is 1. The summed E-state index contributed by atoms with van der Waals surface area (Å²) in [6.07, 6.45) is 1.93. The largest absolute Gasteiger partial charge is 0.497 e. The molecule has 3 aromatic carbocycles. The summed E-state index contributed by atoms with van der Waals surface area (Å²) in [7, 11) is 3.00. The summed E-state index contributed by atoms with van der Waals surface area (Å²) in [5.74, 6) is 1.91. The molecule has 0 heterocycles. The van der Waals surface area contributed by atoms with Gasteiger partial charge in [0.15, 0.2) is 0 Å². The molecule has 0 bridgehead atoms. The van der Waals surface area contributed by atoms with Crippen molar-refractivity contribution in [3.8, 4) is 17.2 Å². The Hall–Kier alpha value is -3.47. The van der Waals surface area contributed by atoms with Gasteiger partial charge in [-0.15, -0.1) is 0 Å². The van der Waals surface area contributed by atoms with E-state index in [9.17, 15) is 4.79 Å². The van der Waals surface area contributed by atoms with Crippen molar-refractivity contribution in [2.24, 2.45) is 0 Å². The van der Waals surface area contributed by atoms with Crippen LogP contribution in [0.3, 0.4) is 0 Å². The molecule has 0 aliphatic heterocycles. The quantitative estimate of drug-likeness (QED) is 0.372. The molecular weight excluding hydrogens is 404 g/mol. The molecule has 0 radical (unpaired) electrons. The van der Waals surface area contributed by atoms with Gasteiger partial charge in [-0.25, -0.2) is 0 Å². The Bertz CT molecular complexity index is 997. The third kappa shape index (κ3) is 6.51. The Morgan fingerprint density at radius 3 is 2.16 bits per heavy atom. The first kappa shape index (κ1) is 23.2. The van der Waals surface area contributed by atoms with Gasteiger partial charge in [0.25, 0.3) is 0 Å². The number of carbonyl (C=O) groups is 1. The zero-order chi connectivity index (χ0) is 22.8. The number of hydrogen-bond acceptors (Lipinski definition) is 5. The molecule has 0 amide bonds. The summed E-state index contributed by atoms with van der Waals surface area (Å²) in [6, 6.07) is 21.7. The summed E-state index contributed by atoms with van der Waals surface area (Å²) in [6.45, 7) is 3.04. The summed E-state index contributed by atoms with van der Waals surface area (Å²) in [5, 5.41) is 0. The first-order valence-corrected chi connectivity index (χ1v) is 10.8. The van der Waals surface area contributed by atoms with E-state index in [1.165, 1.54) is 7.11 Å². The van der Waals surface area contributed by atoms with Crippen molar-refractivity contribution < 1.29 is 23.7 Å². The molecular formula is C27H30O5. The highest BCUT2D eigenvalue weighted by Gasteiger charge is 2.16. The lowest BCUT2D eigenvalue weighted by Crippen LogP contribution is -2.09. The van der Waals surface area contributed by atoms with Crippen molar-refractivity contribution in [1.29, 1.82) is 0 Å². The van der Waals surface area contributed by atoms with Crippen LogP contribution < -0.4 is 14.2 Å². The molecule has 5 heteroatoms. The zero-order valence-electron chi connectivity index (χ0n) is 18.9. The van der Waals surface area contributed by atoms with Gasteiger partial charge in [0.1, 0.15) is 30.5 Å². The summed E-state index contributed by atoms with van der Waals surface area (Å²) in [5.41, 5.74) is 4.04. The predicted octanol–water partition coefficient (Wildman–Crippen LogP) is 5.52. The number of carbonyl (C=O) groups excluding carboxylic acids is 1. The summed E-state index contributed by atoms with van der Waals surface area (Å²) < 4.78 is 22.3. The van der Waals surface area contributed by atoms with Crippen molar-refractivity contribution >= 4 is 5.97 Å². The normalized spacial score (nSPS) is 10.5. The van der Waals surface area contributed by atoms with Crippen LogP contribution in [0.4, 0.5) is 0 Å². The molecule has 0 unspecified atom stereocenters. The van der Waals surface area contributed by atoms with Gasteiger partial charge >= 0.3 is 5.97 Å². The van der Waals surface area contributed by atoms with Crippen LogP contribution in [0.2, 0.25) is 0 Å². The van der Waals surface area contributed by atoms with Gasteiger partial charge in [0, 0.05) is 6.07 Å². The average molecular weight is 435 g/mol. The number of methoxy groups -OCH3 is 2. The molecule has 0 atom stereocenters. The molecule has 5 nitrogen and oxygen atoms in total. The molecule has 0 N–H and O–H groups in total. The molecule has 0 aromatic heterocycles. The second-order valence-corrected chi connectivity index (χ2v) is 7.47. The Balaban J connectivity index is 1.69. The van der Waals surface area contributed by atoms with Crippen molar-refractivity contribution in [3.63, 3.8) is 0 Å². The monoisotopic (exact) mass is 434 g/mol. The van der Waals surface area contributed by atoms with Crippen LogP contribution in [0.1, 0.15) is 35.6 Å². The molecule has 0 aliphatic carbocycles. The van der Waals surface area contributed by atoms with Crippen LogP contribution in [0.15, 0.2) is 66.7 Å². The fourth-order valence-electron chi connectivity index (χ4n) is 3.42. The SMILES string of the molecule is CCCc1c(CC(=O)OC)cc(OC)cc1OCc1ccc(OCc2ccccc2)cc1. The van der Waals surface area contributed by atoms with E-state index in [-0.39, 0.29) is 12.4 Å². The molecule has 0 saturated carbocycles.